The Labute approximate surface area is 116 Å². The molecule has 0 aliphatic carbocycles. The summed E-state index contributed by atoms with van der Waals surface area (Å²) >= 11 is 0. The highest BCUT2D eigenvalue weighted by molar-refractivity contribution is 6.22. The quantitative estimate of drug-likeness (QED) is 0.467. The van der Waals surface area contributed by atoms with Crippen molar-refractivity contribution >= 4 is 38.9 Å². The van der Waals surface area contributed by atoms with Gasteiger partial charge in [-0.2, -0.15) is 0 Å². The molecule has 0 N–H and O–H groups in total. The van der Waals surface area contributed by atoms with E-state index < -0.39 is 0 Å². The molecule has 0 unspecified atom stereocenters. The number of aryl methyl sites for hydroxylation is 1. The van der Waals surface area contributed by atoms with Gasteiger partial charge >= 0.3 is 0 Å². The first-order valence-electron chi connectivity index (χ1n) is 6.65. The van der Waals surface area contributed by atoms with Gasteiger partial charge in [0.05, 0.1) is 5.52 Å². The summed E-state index contributed by atoms with van der Waals surface area (Å²) in [5.74, 6) is 0. The van der Waals surface area contributed by atoms with Crippen molar-refractivity contribution in [2.75, 3.05) is 0 Å². The molecule has 0 atom stereocenters. The lowest BCUT2D eigenvalue weighted by atomic mass is 10.0. The number of fused-ring (bicyclic) bond motifs is 5. The van der Waals surface area contributed by atoms with Crippen LogP contribution in [0.1, 0.15) is 10.4 Å². The lowest BCUT2D eigenvalue weighted by Crippen LogP contribution is -1.91. The van der Waals surface area contributed by atoms with Crippen LogP contribution in [0.2, 0.25) is 0 Å². The first-order chi connectivity index (χ1) is 9.81. The van der Waals surface area contributed by atoms with Crippen molar-refractivity contribution in [3.8, 4) is 0 Å². The Morgan fingerprint density at radius 3 is 2.55 bits per heavy atom. The minimum Gasteiger partial charge on any atom is -0.343 e. The number of aromatic nitrogens is 1. The molecule has 0 spiro atoms. The number of para-hydroxylation sites is 1. The monoisotopic (exact) mass is 259 g/mol. The highest BCUT2D eigenvalue weighted by atomic mass is 16.1. The van der Waals surface area contributed by atoms with Crippen LogP contribution in [0.25, 0.3) is 32.6 Å². The molecule has 3 aromatic carbocycles. The van der Waals surface area contributed by atoms with Crippen molar-refractivity contribution in [2.24, 2.45) is 7.05 Å². The maximum absolute atomic E-state index is 11.3. The van der Waals surface area contributed by atoms with Gasteiger partial charge < -0.3 is 4.57 Å². The van der Waals surface area contributed by atoms with Crippen molar-refractivity contribution in [3.63, 3.8) is 0 Å². The molecule has 0 bridgehead atoms. The summed E-state index contributed by atoms with van der Waals surface area (Å²) in [7, 11) is 2.02. The van der Waals surface area contributed by atoms with E-state index in [2.05, 4.69) is 47.0 Å². The highest BCUT2D eigenvalue weighted by Crippen LogP contribution is 2.34. The van der Waals surface area contributed by atoms with Gasteiger partial charge in [-0.05, 0) is 22.9 Å². The Hall–Kier alpha value is -2.61. The van der Waals surface area contributed by atoms with Crippen molar-refractivity contribution in [3.05, 3.63) is 60.2 Å². The van der Waals surface area contributed by atoms with Crippen LogP contribution < -0.4 is 0 Å². The summed E-state index contributed by atoms with van der Waals surface area (Å²) in [4.78, 5) is 11.3. The van der Waals surface area contributed by atoms with Crippen LogP contribution in [-0.4, -0.2) is 10.9 Å². The predicted octanol–water partition coefficient (Wildman–Crippen LogP) is 4.30. The predicted molar refractivity (Wildman–Crippen MR) is 83.3 cm³/mol. The molecule has 0 radical (unpaired) electrons. The first-order valence-corrected chi connectivity index (χ1v) is 6.65. The topological polar surface area (TPSA) is 22.0 Å². The maximum atomic E-state index is 11.3. The second-order valence-corrected chi connectivity index (χ2v) is 5.10. The van der Waals surface area contributed by atoms with E-state index in [9.17, 15) is 4.79 Å². The molecule has 0 amide bonds. The molecule has 20 heavy (non-hydrogen) atoms. The van der Waals surface area contributed by atoms with Gasteiger partial charge in [0.25, 0.3) is 0 Å². The zero-order valence-electron chi connectivity index (χ0n) is 11.1. The maximum Gasteiger partial charge on any atom is 0.152 e. The molecule has 0 aliphatic rings. The van der Waals surface area contributed by atoms with Crippen LogP contribution in [0.15, 0.2) is 54.6 Å². The van der Waals surface area contributed by atoms with Crippen LogP contribution in [-0.2, 0) is 7.05 Å². The van der Waals surface area contributed by atoms with Crippen molar-refractivity contribution < 1.29 is 4.79 Å². The lowest BCUT2D eigenvalue weighted by Gasteiger charge is -2.01. The SMILES string of the molecule is Cn1c2ccc3ccccc3c2c2cccc(C=O)c21. The van der Waals surface area contributed by atoms with Crippen LogP contribution in [0.4, 0.5) is 0 Å². The average Bonchev–Trinajstić information content (AvgIpc) is 2.81. The molecule has 1 aromatic heterocycles. The molecule has 0 fully saturated rings. The highest BCUT2D eigenvalue weighted by Gasteiger charge is 2.13. The van der Waals surface area contributed by atoms with E-state index in [1.54, 1.807) is 0 Å². The van der Waals surface area contributed by atoms with E-state index in [4.69, 9.17) is 0 Å². The second kappa shape index (κ2) is 3.94. The Balaban J connectivity index is 2.38. The van der Waals surface area contributed by atoms with Crippen LogP contribution >= 0.6 is 0 Å². The van der Waals surface area contributed by atoms with E-state index >= 15 is 0 Å². The normalized spacial score (nSPS) is 11.4. The van der Waals surface area contributed by atoms with Gasteiger partial charge in [0.1, 0.15) is 0 Å². The zero-order valence-corrected chi connectivity index (χ0v) is 11.1. The molecule has 4 aromatic rings. The third kappa shape index (κ3) is 1.31. The minimum atomic E-state index is 0.741. The number of nitrogens with zero attached hydrogens (tertiary/aromatic N) is 1. The van der Waals surface area contributed by atoms with Gasteiger partial charge in [-0.3, -0.25) is 4.79 Å². The number of rotatable bonds is 1. The Morgan fingerprint density at radius 2 is 1.70 bits per heavy atom. The molecule has 96 valence electrons. The van der Waals surface area contributed by atoms with Gasteiger partial charge in [-0.25, -0.2) is 0 Å². The number of hydrogen-bond acceptors (Lipinski definition) is 1. The number of hydrogen-bond donors (Lipinski definition) is 0. The molecule has 0 saturated heterocycles. The van der Waals surface area contributed by atoms with E-state index in [0.717, 1.165) is 28.3 Å². The van der Waals surface area contributed by atoms with E-state index in [-0.39, 0.29) is 0 Å². The minimum absolute atomic E-state index is 0.741. The molecular weight excluding hydrogens is 246 g/mol. The third-order valence-electron chi connectivity index (χ3n) is 4.07. The lowest BCUT2D eigenvalue weighted by molar-refractivity contribution is 0.112. The van der Waals surface area contributed by atoms with Gasteiger partial charge in [0.15, 0.2) is 6.29 Å². The van der Waals surface area contributed by atoms with Crippen LogP contribution in [0, 0.1) is 0 Å². The summed E-state index contributed by atoms with van der Waals surface area (Å²) in [6.45, 7) is 0. The number of benzene rings is 3. The molecule has 0 saturated carbocycles. The largest absolute Gasteiger partial charge is 0.343 e. The first kappa shape index (κ1) is 11.2. The number of aldehydes is 1. The number of carbonyl (C=O) groups is 1. The Morgan fingerprint density at radius 1 is 0.900 bits per heavy atom. The fourth-order valence-corrected chi connectivity index (χ4v) is 3.18. The molecule has 2 heteroatoms. The summed E-state index contributed by atoms with van der Waals surface area (Å²) in [5.41, 5.74) is 2.91. The van der Waals surface area contributed by atoms with E-state index in [1.165, 1.54) is 16.2 Å². The Kier molecular flexibility index (Phi) is 2.21. The number of carbonyl (C=O) groups excluding carboxylic acids is 1. The average molecular weight is 259 g/mol. The van der Waals surface area contributed by atoms with E-state index in [1.807, 2.05) is 19.2 Å². The van der Waals surface area contributed by atoms with Crippen LogP contribution in [0.3, 0.4) is 0 Å². The molecule has 4 rings (SSSR count). The summed E-state index contributed by atoms with van der Waals surface area (Å²) in [6, 6.07) is 18.6. The Bertz CT molecular complexity index is 979. The molecule has 1 heterocycles. The fourth-order valence-electron chi connectivity index (χ4n) is 3.18. The third-order valence-corrected chi connectivity index (χ3v) is 4.07. The smallest absolute Gasteiger partial charge is 0.152 e. The van der Waals surface area contributed by atoms with Gasteiger partial charge in [-0.1, -0.05) is 42.5 Å². The summed E-state index contributed by atoms with van der Waals surface area (Å²) < 4.78 is 2.11. The summed E-state index contributed by atoms with van der Waals surface area (Å²) in [5, 5.41) is 4.83. The van der Waals surface area contributed by atoms with Gasteiger partial charge in [-0.15, -0.1) is 0 Å². The van der Waals surface area contributed by atoms with Crippen molar-refractivity contribution in [1.82, 2.24) is 4.57 Å². The van der Waals surface area contributed by atoms with Gasteiger partial charge in [0.2, 0.25) is 0 Å². The van der Waals surface area contributed by atoms with Crippen molar-refractivity contribution in [1.29, 1.82) is 0 Å². The molecular formula is C18H13NO. The fraction of sp³-hybridized carbons (Fsp3) is 0.0556. The van der Waals surface area contributed by atoms with E-state index in [0.29, 0.717) is 0 Å². The summed E-state index contributed by atoms with van der Waals surface area (Å²) in [6.07, 6.45) is 0.934. The molecule has 0 aliphatic heterocycles. The zero-order chi connectivity index (χ0) is 13.7. The van der Waals surface area contributed by atoms with Crippen LogP contribution in [0.5, 0.6) is 0 Å². The van der Waals surface area contributed by atoms with Gasteiger partial charge in [0, 0.05) is 28.9 Å². The second-order valence-electron chi connectivity index (χ2n) is 5.10. The standard InChI is InChI=1S/C18H13NO/c1-19-16-10-9-12-5-2-3-7-14(12)17(16)15-8-4-6-13(11-20)18(15)19/h2-11H,1H3. The molecule has 2 nitrogen and oxygen atoms in total. The van der Waals surface area contributed by atoms with Crippen molar-refractivity contribution in [2.45, 2.75) is 0 Å².